The number of aliphatic hydroxyl groups is 1. The molecular weight excluding hydrogens is 244 g/mol. The van der Waals surface area contributed by atoms with Crippen molar-refractivity contribution in [3.05, 3.63) is 16.3 Å². The Hall–Kier alpha value is -1.41. The van der Waals surface area contributed by atoms with Crippen molar-refractivity contribution in [3.63, 3.8) is 0 Å². The Balaban J connectivity index is 3.02. The fourth-order valence-electron chi connectivity index (χ4n) is 1.04. The molecule has 0 saturated heterocycles. The fourth-order valence-corrected chi connectivity index (χ4v) is 1.89. The van der Waals surface area contributed by atoms with Gasteiger partial charge < -0.3 is 10.4 Å². The molecule has 17 heavy (non-hydrogen) atoms. The maximum absolute atomic E-state index is 10.8. The minimum absolute atomic E-state index is 0.0671. The van der Waals surface area contributed by atoms with E-state index in [2.05, 4.69) is 15.3 Å². The summed E-state index contributed by atoms with van der Waals surface area (Å²) in [6, 6.07) is 0. The van der Waals surface area contributed by atoms with Crippen molar-refractivity contribution in [2.24, 2.45) is 0 Å². The van der Waals surface area contributed by atoms with Gasteiger partial charge in [0.25, 0.3) is 0 Å². The number of aromatic nitrogens is 2. The number of nitrogens with zero attached hydrogens (tertiary/aromatic N) is 3. The van der Waals surface area contributed by atoms with Crippen LogP contribution in [-0.2, 0) is 0 Å². The minimum Gasteiger partial charge on any atom is -0.395 e. The smallest absolute Gasteiger partial charge is 0.319 e. The SMILES string of the molecule is CCNc1ncc([N+](=O)[O-])c(SC(C)CO)n1. The zero-order chi connectivity index (χ0) is 12.8. The van der Waals surface area contributed by atoms with Gasteiger partial charge in [-0.3, -0.25) is 10.1 Å². The van der Waals surface area contributed by atoms with Crippen molar-refractivity contribution in [2.45, 2.75) is 24.1 Å². The topological polar surface area (TPSA) is 101 Å². The second-order valence-electron chi connectivity index (χ2n) is 3.28. The van der Waals surface area contributed by atoms with Crippen LogP contribution in [0.4, 0.5) is 11.6 Å². The molecule has 0 aliphatic carbocycles. The van der Waals surface area contributed by atoms with E-state index in [1.165, 1.54) is 6.20 Å². The number of anilines is 1. The summed E-state index contributed by atoms with van der Waals surface area (Å²) in [4.78, 5) is 18.2. The third-order valence-corrected chi connectivity index (χ3v) is 2.91. The van der Waals surface area contributed by atoms with E-state index < -0.39 is 4.92 Å². The Labute approximate surface area is 103 Å². The lowest BCUT2D eigenvalue weighted by atomic mass is 10.5. The quantitative estimate of drug-likeness (QED) is 0.343. The molecule has 7 nitrogen and oxygen atoms in total. The van der Waals surface area contributed by atoms with Crippen molar-refractivity contribution >= 4 is 23.4 Å². The van der Waals surface area contributed by atoms with E-state index >= 15 is 0 Å². The van der Waals surface area contributed by atoms with Gasteiger partial charge in [0, 0.05) is 11.8 Å². The van der Waals surface area contributed by atoms with Gasteiger partial charge in [-0.1, -0.05) is 18.7 Å². The second-order valence-corrected chi connectivity index (χ2v) is 4.71. The molecule has 1 aromatic rings. The number of nitrogens with one attached hydrogen (secondary N) is 1. The first-order valence-electron chi connectivity index (χ1n) is 5.11. The Morgan fingerprint density at radius 2 is 2.41 bits per heavy atom. The van der Waals surface area contributed by atoms with E-state index in [0.717, 1.165) is 11.8 Å². The molecule has 0 aliphatic rings. The zero-order valence-electron chi connectivity index (χ0n) is 9.58. The first-order chi connectivity index (χ1) is 8.08. The van der Waals surface area contributed by atoms with Gasteiger partial charge >= 0.3 is 5.69 Å². The van der Waals surface area contributed by atoms with Crippen LogP contribution >= 0.6 is 11.8 Å². The molecule has 0 aromatic carbocycles. The lowest BCUT2D eigenvalue weighted by molar-refractivity contribution is -0.388. The van der Waals surface area contributed by atoms with E-state index in [0.29, 0.717) is 12.5 Å². The van der Waals surface area contributed by atoms with Crippen LogP contribution in [0.1, 0.15) is 13.8 Å². The van der Waals surface area contributed by atoms with Crippen LogP contribution in [0.15, 0.2) is 11.2 Å². The van der Waals surface area contributed by atoms with E-state index in [4.69, 9.17) is 5.11 Å². The molecule has 0 aliphatic heterocycles. The molecule has 8 heteroatoms. The van der Waals surface area contributed by atoms with Gasteiger partial charge in [0.15, 0.2) is 5.03 Å². The second kappa shape index (κ2) is 6.36. The fraction of sp³-hybridized carbons (Fsp3) is 0.556. The third kappa shape index (κ3) is 3.82. The summed E-state index contributed by atoms with van der Waals surface area (Å²) in [5.74, 6) is 0.353. The molecule has 1 heterocycles. The molecule has 0 amide bonds. The summed E-state index contributed by atoms with van der Waals surface area (Å²) in [6.45, 7) is 4.22. The summed E-state index contributed by atoms with van der Waals surface area (Å²) in [7, 11) is 0. The predicted molar refractivity (Wildman–Crippen MR) is 65.3 cm³/mol. The van der Waals surface area contributed by atoms with E-state index in [1.807, 2.05) is 6.92 Å². The summed E-state index contributed by atoms with van der Waals surface area (Å²) in [5, 5.41) is 22.7. The lowest BCUT2D eigenvalue weighted by Gasteiger charge is -2.08. The van der Waals surface area contributed by atoms with Gasteiger partial charge in [0.2, 0.25) is 5.95 Å². The normalized spacial score (nSPS) is 12.2. The highest BCUT2D eigenvalue weighted by Gasteiger charge is 2.19. The highest BCUT2D eigenvalue weighted by Crippen LogP contribution is 2.30. The number of nitro groups is 1. The highest BCUT2D eigenvalue weighted by molar-refractivity contribution is 8.00. The number of rotatable bonds is 6. The predicted octanol–water partition coefficient (Wildman–Crippen LogP) is 1.29. The average molecular weight is 258 g/mol. The monoisotopic (exact) mass is 258 g/mol. The Morgan fingerprint density at radius 3 is 2.94 bits per heavy atom. The van der Waals surface area contributed by atoms with E-state index in [-0.39, 0.29) is 22.6 Å². The molecule has 1 aromatic heterocycles. The Morgan fingerprint density at radius 1 is 1.71 bits per heavy atom. The highest BCUT2D eigenvalue weighted by atomic mass is 32.2. The molecule has 0 saturated carbocycles. The Kier molecular flexibility index (Phi) is 5.11. The summed E-state index contributed by atoms with van der Waals surface area (Å²) >= 11 is 1.16. The maximum Gasteiger partial charge on any atom is 0.319 e. The minimum atomic E-state index is -0.526. The lowest BCUT2D eigenvalue weighted by Crippen LogP contribution is -2.07. The van der Waals surface area contributed by atoms with Gasteiger partial charge in [0.05, 0.1) is 11.5 Å². The molecule has 1 atom stereocenters. The van der Waals surface area contributed by atoms with Gasteiger partial charge in [-0.25, -0.2) is 4.98 Å². The van der Waals surface area contributed by atoms with Crippen molar-refractivity contribution in [1.82, 2.24) is 9.97 Å². The maximum atomic E-state index is 10.8. The van der Waals surface area contributed by atoms with Crippen LogP contribution in [-0.4, -0.2) is 38.4 Å². The van der Waals surface area contributed by atoms with Crippen LogP contribution in [0, 0.1) is 10.1 Å². The van der Waals surface area contributed by atoms with Crippen LogP contribution in [0.25, 0.3) is 0 Å². The third-order valence-electron chi connectivity index (χ3n) is 1.84. The number of hydrogen-bond donors (Lipinski definition) is 2. The first-order valence-corrected chi connectivity index (χ1v) is 5.99. The summed E-state index contributed by atoms with van der Waals surface area (Å²) < 4.78 is 0. The molecule has 0 spiro atoms. The van der Waals surface area contributed by atoms with Gasteiger partial charge in [-0.05, 0) is 6.92 Å². The summed E-state index contributed by atoms with van der Waals surface area (Å²) in [6.07, 6.45) is 1.18. The number of hydrogen-bond acceptors (Lipinski definition) is 7. The van der Waals surface area contributed by atoms with Crippen LogP contribution < -0.4 is 5.32 Å². The Bertz CT molecular complexity index is 402. The van der Waals surface area contributed by atoms with Gasteiger partial charge in [0.1, 0.15) is 6.20 Å². The standard InChI is InChI=1S/C9H14N4O3S/c1-3-10-9-11-4-7(13(15)16)8(12-9)17-6(2)5-14/h4,6,14H,3,5H2,1-2H3,(H,10,11,12). The molecule has 94 valence electrons. The largest absolute Gasteiger partial charge is 0.395 e. The van der Waals surface area contributed by atoms with E-state index in [1.54, 1.807) is 6.92 Å². The molecule has 0 fully saturated rings. The average Bonchev–Trinajstić information content (AvgIpc) is 2.29. The molecule has 0 radical (unpaired) electrons. The number of thioether (sulfide) groups is 1. The van der Waals surface area contributed by atoms with Crippen LogP contribution in [0.3, 0.4) is 0 Å². The molecule has 1 unspecified atom stereocenters. The van der Waals surface area contributed by atoms with Crippen LogP contribution in [0.5, 0.6) is 0 Å². The zero-order valence-corrected chi connectivity index (χ0v) is 10.4. The van der Waals surface area contributed by atoms with Crippen molar-refractivity contribution in [2.75, 3.05) is 18.5 Å². The molecule has 1 rings (SSSR count). The van der Waals surface area contributed by atoms with Crippen LogP contribution in [0.2, 0.25) is 0 Å². The van der Waals surface area contributed by atoms with Crippen molar-refractivity contribution < 1.29 is 10.0 Å². The van der Waals surface area contributed by atoms with Crippen molar-refractivity contribution in [1.29, 1.82) is 0 Å². The molecular formula is C9H14N4O3S. The van der Waals surface area contributed by atoms with E-state index in [9.17, 15) is 10.1 Å². The number of aliphatic hydroxyl groups excluding tert-OH is 1. The first kappa shape index (κ1) is 13.7. The van der Waals surface area contributed by atoms with Gasteiger partial charge in [-0.15, -0.1) is 0 Å². The summed E-state index contributed by atoms with van der Waals surface area (Å²) in [5.41, 5.74) is -0.142. The molecule has 2 N–H and O–H groups in total. The van der Waals surface area contributed by atoms with Crippen molar-refractivity contribution in [3.8, 4) is 0 Å². The van der Waals surface area contributed by atoms with Gasteiger partial charge in [-0.2, -0.15) is 4.98 Å². The molecule has 0 bridgehead atoms.